The molecule has 0 atom stereocenters. The predicted octanol–water partition coefficient (Wildman–Crippen LogP) is 1.87. The van der Waals surface area contributed by atoms with E-state index in [1.807, 2.05) is 30.1 Å². The predicted molar refractivity (Wildman–Crippen MR) is 69.1 cm³/mol. The van der Waals surface area contributed by atoms with Crippen LogP contribution in [0.4, 0.5) is 0 Å². The van der Waals surface area contributed by atoms with Crippen LogP contribution in [0.2, 0.25) is 0 Å². The van der Waals surface area contributed by atoms with Gasteiger partial charge in [0.1, 0.15) is 5.78 Å². The summed E-state index contributed by atoms with van der Waals surface area (Å²) in [5, 5.41) is 0. The van der Waals surface area contributed by atoms with Gasteiger partial charge in [0.25, 0.3) is 0 Å². The fourth-order valence-electron chi connectivity index (χ4n) is 2.05. The maximum absolute atomic E-state index is 11.0. The highest BCUT2D eigenvalue weighted by molar-refractivity contribution is 5.77. The summed E-state index contributed by atoms with van der Waals surface area (Å²) in [6, 6.07) is 5.96. The van der Waals surface area contributed by atoms with Crippen LogP contribution in [-0.2, 0) is 11.3 Å². The second-order valence-corrected chi connectivity index (χ2v) is 4.71. The third-order valence-electron chi connectivity index (χ3n) is 2.76. The van der Waals surface area contributed by atoms with E-state index in [1.54, 1.807) is 6.92 Å². The Morgan fingerprint density at radius 3 is 2.72 bits per heavy atom. The fraction of sp³-hybridized carbons (Fsp3) is 0.500. The molecule has 1 aromatic rings. The Hall–Kier alpha value is -1.55. The van der Waals surface area contributed by atoms with Gasteiger partial charge in [0.05, 0.1) is 19.8 Å². The van der Waals surface area contributed by atoms with Gasteiger partial charge >= 0.3 is 0 Å². The number of carbonyl (C=O) groups excluding carboxylic acids is 1. The Balaban J connectivity index is 2.06. The van der Waals surface area contributed by atoms with E-state index in [1.165, 1.54) is 0 Å². The summed E-state index contributed by atoms with van der Waals surface area (Å²) in [5.74, 6) is 1.79. The molecule has 0 fully saturated rings. The second-order valence-electron chi connectivity index (χ2n) is 4.71. The number of fused-ring (bicyclic) bond motifs is 1. The van der Waals surface area contributed by atoms with E-state index in [-0.39, 0.29) is 5.78 Å². The molecule has 0 aromatic heterocycles. The quantitative estimate of drug-likeness (QED) is 0.816. The Morgan fingerprint density at radius 1 is 1.28 bits per heavy atom. The molecule has 98 valence electrons. The number of likely N-dealkylation sites (N-methyl/N-ethyl adjacent to an activating group) is 1. The molecular weight excluding hydrogens is 230 g/mol. The van der Waals surface area contributed by atoms with Crippen LogP contribution in [0, 0.1) is 0 Å². The van der Waals surface area contributed by atoms with E-state index in [0.29, 0.717) is 19.8 Å². The zero-order chi connectivity index (χ0) is 13.0. The van der Waals surface area contributed by atoms with E-state index < -0.39 is 0 Å². The molecule has 18 heavy (non-hydrogen) atoms. The number of hydrogen-bond acceptors (Lipinski definition) is 4. The van der Waals surface area contributed by atoms with Gasteiger partial charge in [-0.2, -0.15) is 0 Å². The van der Waals surface area contributed by atoms with Gasteiger partial charge in [-0.1, -0.05) is 6.07 Å². The maximum Gasteiger partial charge on any atom is 0.161 e. The van der Waals surface area contributed by atoms with E-state index in [9.17, 15) is 4.79 Å². The van der Waals surface area contributed by atoms with Crippen LogP contribution in [-0.4, -0.2) is 37.5 Å². The van der Waals surface area contributed by atoms with Crippen LogP contribution in [0.1, 0.15) is 18.9 Å². The Kier molecular flexibility index (Phi) is 4.20. The van der Waals surface area contributed by atoms with Crippen molar-refractivity contribution in [3.63, 3.8) is 0 Å². The van der Waals surface area contributed by atoms with Crippen molar-refractivity contribution in [2.45, 2.75) is 19.9 Å². The third-order valence-corrected chi connectivity index (χ3v) is 2.76. The molecule has 1 aliphatic rings. The van der Waals surface area contributed by atoms with Crippen molar-refractivity contribution in [3.05, 3.63) is 23.8 Å². The number of nitrogens with zero attached hydrogens (tertiary/aromatic N) is 1. The average Bonchev–Trinajstić information content (AvgIpc) is 2.52. The molecule has 0 unspecified atom stereocenters. The van der Waals surface area contributed by atoms with Crippen LogP contribution < -0.4 is 9.47 Å². The lowest BCUT2D eigenvalue weighted by Gasteiger charge is -2.16. The molecule has 1 aromatic carbocycles. The van der Waals surface area contributed by atoms with E-state index in [4.69, 9.17) is 9.47 Å². The Bertz CT molecular complexity index is 431. The number of benzene rings is 1. The largest absolute Gasteiger partial charge is 0.490 e. The summed E-state index contributed by atoms with van der Waals surface area (Å²) in [7, 11) is 1.93. The third kappa shape index (κ3) is 3.47. The van der Waals surface area contributed by atoms with Crippen LogP contribution in [0.15, 0.2) is 18.2 Å². The molecule has 0 radical (unpaired) electrons. The van der Waals surface area contributed by atoms with Gasteiger partial charge in [0.2, 0.25) is 0 Å². The molecule has 2 rings (SSSR count). The molecule has 0 amide bonds. The number of ether oxygens (including phenoxy) is 2. The number of hydrogen-bond donors (Lipinski definition) is 0. The smallest absolute Gasteiger partial charge is 0.161 e. The molecule has 0 saturated carbocycles. The van der Waals surface area contributed by atoms with Crippen molar-refractivity contribution >= 4 is 5.78 Å². The molecule has 4 heteroatoms. The minimum absolute atomic E-state index is 0.173. The molecular formula is C14H19NO3. The summed E-state index contributed by atoms with van der Waals surface area (Å²) in [5.41, 5.74) is 1.13. The van der Waals surface area contributed by atoms with Gasteiger partial charge in [-0.3, -0.25) is 9.69 Å². The first kappa shape index (κ1) is 12.9. The number of rotatable bonds is 4. The van der Waals surface area contributed by atoms with E-state index in [0.717, 1.165) is 30.0 Å². The number of ketones is 1. The molecule has 1 heterocycles. The summed E-state index contributed by atoms with van der Waals surface area (Å²) in [6.07, 6.45) is 0.911. The molecule has 0 bridgehead atoms. The van der Waals surface area contributed by atoms with Crippen LogP contribution in [0.3, 0.4) is 0 Å². The minimum atomic E-state index is 0.173. The van der Waals surface area contributed by atoms with E-state index in [2.05, 4.69) is 0 Å². The molecule has 0 N–H and O–H groups in total. The van der Waals surface area contributed by atoms with Crippen molar-refractivity contribution in [1.29, 1.82) is 0 Å². The Morgan fingerprint density at radius 2 is 2.00 bits per heavy atom. The lowest BCUT2D eigenvalue weighted by molar-refractivity contribution is -0.117. The zero-order valence-electron chi connectivity index (χ0n) is 10.9. The SMILES string of the molecule is CC(=O)CN(C)Cc1ccc2c(c1)OCCCO2. The zero-order valence-corrected chi connectivity index (χ0v) is 10.9. The number of Topliss-reactive ketones (excluding diaryl/α,β-unsaturated/α-hetero) is 1. The number of carbonyl (C=O) groups is 1. The van der Waals surface area contributed by atoms with Gasteiger partial charge < -0.3 is 9.47 Å². The lowest BCUT2D eigenvalue weighted by atomic mass is 10.2. The lowest BCUT2D eigenvalue weighted by Crippen LogP contribution is -2.23. The van der Waals surface area contributed by atoms with Crippen LogP contribution in [0.25, 0.3) is 0 Å². The summed E-state index contributed by atoms with van der Waals surface area (Å²) in [6.45, 7) is 4.20. The first-order valence-corrected chi connectivity index (χ1v) is 6.21. The van der Waals surface area contributed by atoms with Crippen molar-refractivity contribution in [2.24, 2.45) is 0 Å². The highest BCUT2D eigenvalue weighted by Gasteiger charge is 2.11. The molecule has 0 aliphatic carbocycles. The Labute approximate surface area is 107 Å². The average molecular weight is 249 g/mol. The van der Waals surface area contributed by atoms with E-state index >= 15 is 0 Å². The molecule has 0 spiro atoms. The summed E-state index contributed by atoms with van der Waals surface area (Å²) >= 11 is 0. The van der Waals surface area contributed by atoms with Gasteiger partial charge in [0, 0.05) is 13.0 Å². The fourth-order valence-corrected chi connectivity index (χ4v) is 2.05. The summed E-state index contributed by atoms with van der Waals surface area (Å²) < 4.78 is 11.2. The van der Waals surface area contributed by atoms with Gasteiger partial charge in [-0.05, 0) is 31.7 Å². The van der Waals surface area contributed by atoms with Crippen LogP contribution >= 0.6 is 0 Å². The van der Waals surface area contributed by atoms with Crippen molar-refractivity contribution < 1.29 is 14.3 Å². The van der Waals surface area contributed by atoms with Gasteiger partial charge in [-0.25, -0.2) is 0 Å². The highest BCUT2D eigenvalue weighted by Crippen LogP contribution is 2.30. The van der Waals surface area contributed by atoms with Gasteiger partial charge in [-0.15, -0.1) is 0 Å². The topological polar surface area (TPSA) is 38.8 Å². The molecule has 0 saturated heterocycles. The summed E-state index contributed by atoms with van der Waals surface area (Å²) in [4.78, 5) is 13.0. The van der Waals surface area contributed by atoms with Gasteiger partial charge in [0.15, 0.2) is 11.5 Å². The first-order valence-electron chi connectivity index (χ1n) is 6.21. The van der Waals surface area contributed by atoms with Crippen molar-refractivity contribution in [2.75, 3.05) is 26.8 Å². The van der Waals surface area contributed by atoms with Crippen molar-refractivity contribution in [1.82, 2.24) is 4.90 Å². The monoisotopic (exact) mass is 249 g/mol. The van der Waals surface area contributed by atoms with Crippen molar-refractivity contribution in [3.8, 4) is 11.5 Å². The standard InChI is InChI=1S/C14H19NO3/c1-11(16)9-15(2)10-12-4-5-13-14(8-12)18-7-3-6-17-13/h4-5,8H,3,6-7,9-10H2,1-2H3. The maximum atomic E-state index is 11.0. The van der Waals surface area contributed by atoms with Crippen LogP contribution in [0.5, 0.6) is 11.5 Å². The highest BCUT2D eigenvalue weighted by atomic mass is 16.5. The molecule has 1 aliphatic heterocycles. The first-order chi connectivity index (χ1) is 8.65. The minimum Gasteiger partial charge on any atom is -0.490 e. The normalized spacial score (nSPS) is 14.4. The second kappa shape index (κ2) is 5.87. The molecule has 4 nitrogen and oxygen atoms in total.